The van der Waals surface area contributed by atoms with Gasteiger partial charge in [-0.2, -0.15) is 0 Å². The van der Waals surface area contributed by atoms with Crippen molar-refractivity contribution in [3.05, 3.63) is 24.3 Å². The number of amidine groups is 1. The second-order valence-corrected chi connectivity index (χ2v) is 6.95. The largest absolute Gasteiger partial charge is 0.489 e. The van der Waals surface area contributed by atoms with Crippen LogP contribution in [-0.4, -0.2) is 47.5 Å². The summed E-state index contributed by atoms with van der Waals surface area (Å²) in [5.41, 5.74) is 5.84. The molecule has 0 bridgehead atoms. The minimum Gasteiger partial charge on any atom is -0.489 e. The summed E-state index contributed by atoms with van der Waals surface area (Å²) >= 11 is 5.60. The smallest absolute Gasteiger partial charge is 0.410 e. The Morgan fingerprint density at radius 1 is 1.38 bits per heavy atom. The average Bonchev–Trinajstić information content (AvgIpc) is 2.96. The van der Waals surface area contributed by atoms with Crippen molar-refractivity contribution in [1.82, 2.24) is 4.90 Å². The summed E-state index contributed by atoms with van der Waals surface area (Å²) in [7, 11) is 0. The maximum atomic E-state index is 12.0. The van der Waals surface area contributed by atoms with E-state index in [0.29, 0.717) is 18.9 Å². The molecule has 1 unspecified atom stereocenters. The van der Waals surface area contributed by atoms with Gasteiger partial charge in [0, 0.05) is 13.0 Å². The lowest BCUT2D eigenvalue weighted by Crippen LogP contribution is -2.36. The standard InChI is InChI=1S/C17H24ClN3O3/c1-17(2,3)24-16(22)21-9-8-14(11-21)23-13-6-4-12(5-7-13)20-15(19)10-18/h4-7,14H,8-11H2,1-3H3,(H2,19,20). The second-order valence-electron chi connectivity index (χ2n) is 6.69. The van der Waals surface area contributed by atoms with E-state index >= 15 is 0 Å². The van der Waals surface area contributed by atoms with Crippen LogP contribution < -0.4 is 10.5 Å². The lowest BCUT2D eigenvalue weighted by atomic mass is 10.2. The number of aliphatic imine (C=N–C) groups is 1. The number of ether oxygens (including phenoxy) is 2. The Balaban J connectivity index is 1.88. The molecule has 132 valence electrons. The molecule has 1 saturated heterocycles. The fraction of sp³-hybridized carbons (Fsp3) is 0.529. The average molecular weight is 354 g/mol. The van der Waals surface area contributed by atoms with Crippen molar-refractivity contribution in [3.8, 4) is 5.75 Å². The van der Waals surface area contributed by atoms with Crippen molar-refractivity contribution in [1.29, 1.82) is 0 Å². The van der Waals surface area contributed by atoms with Gasteiger partial charge in [-0.05, 0) is 45.0 Å². The molecule has 1 aliphatic rings. The molecule has 7 heteroatoms. The topological polar surface area (TPSA) is 77.1 Å². The molecule has 1 aromatic rings. The van der Waals surface area contributed by atoms with Crippen LogP contribution in [0.3, 0.4) is 0 Å². The van der Waals surface area contributed by atoms with Gasteiger partial charge in [-0.15, -0.1) is 11.6 Å². The molecule has 1 amide bonds. The van der Waals surface area contributed by atoms with Gasteiger partial charge in [0.05, 0.1) is 18.1 Å². The van der Waals surface area contributed by atoms with E-state index in [9.17, 15) is 4.79 Å². The summed E-state index contributed by atoms with van der Waals surface area (Å²) in [6.45, 7) is 6.73. The molecule has 0 aliphatic carbocycles. The van der Waals surface area contributed by atoms with Crippen molar-refractivity contribution >= 4 is 29.2 Å². The molecule has 1 atom stereocenters. The van der Waals surface area contributed by atoms with E-state index in [4.69, 9.17) is 26.8 Å². The summed E-state index contributed by atoms with van der Waals surface area (Å²) in [5.74, 6) is 1.30. The van der Waals surface area contributed by atoms with E-state index in [1.54, 1.807) is 4.90 Å². The lowest BCUT2D eigenvalue weighted by molar-refractivity contribution is 0.0275. The normalized spacial score (nSPS) is 18.6. The maximum Gasteiger partial charge on any atom is 0.410 e. The van der Waals surface area contributed by atoms with Gasteiger partial charge in [-0.1, -0.05) is 0 Å². The molecule has 0 aromatic heterocycles. The summed E-state index contributed by atoms with van der Waals surface area (Å²) in [5, 5.41) is 0. The van der Waals surface area contributed by atoms with Crippen LogP contribution in [-0.2, 0) is 4.74 Å². The zero-order chi connectivity index (χ0) is 17.7. The Bertz CT molecular complexity index is 596. The van der Waals surface area contributed by atoms with E-state index in [1.807, 2.05) is 45.0 Å². The minimum absolute atomic E-state index is 0.0419. The highest BCUT2D eigenvalue weighted by molar-refractivity contribution is 6.28. The number of likely N-dealkylation sites (tertiary alicyclic amines) is 1. The zero-order valence-electron chi connectivity index (χ0n) is 14.3. The van der Waals surface area contributed by atoms with Gasteiger partial charge in [0.25, 0.3) is 0 Å². The summed E-state index contributed by atoms with van der Waals surface area (Å²) in [6.07, 6.45) is 0.438. The predicted molar refractivity (Wildman–Crippen MR) is 95.3 cm³/mol. The number of nitrogens with two attached hydrogens (primary N) is 1. The number of hydrogen-bond donors (Lipinski definition) is 1. The maximum absolute atomic E-state index is 12.0. The molecule has 1 aromatic carbocycles. The Morgan fingerprint density at radius 3 is 2.62 bits per heavy atom. The Morgan fingerprint density at radius 2 is 2.04 bits per heavy atom. The summed E-state index contributed by atoms with van der Waals surface area (Å²) < 4.78 is 11.3. The SMILES string of the molecule is CC(C)(C)OC(=O)N1CCC(Oc2ccc(N=C(N)CCl)cc2)C1. The van der Waals surface area contributed by atoms with Gasteiger partial charge < -0.3 is 20.1 Å². The molecule has 0 saturated carbocycles. The number of nitrogens with zero attached hydrogens (tertiary/aromatic N) is 2. The van der Waals surface area contributed by atoms with Crippen LogP contribution in [0, 0.1) is 0 Å². The first-order valence-electron chi connectivity index (χ1n) is 7.90. The van der Waals surface area contributed by atoms with Crippen LogP contribution in [0.25, 0.3) is 0 Å². The lowest BCUT2D eigenvalue weighted by Gasteiger charge is -2.24. The molecule has 2 rings (SSSR count). The van der Waals surface area contributed by atoms with Crippen molar-refractivity contribution in [2.45, 2.75) is 38.9 Å². The molecule has 1 fully saturated rings. The molecular weight excluding hydrogens is 330 g/mol. The third kappa shape index (κ3) is 5.60. The minimum atomic E-state index is -0.489. The fourth-order valence-corrected chi connectivity index (χ4v) is 2.36. The van der Waals surface area contributed by atoms with E-state index in [2.05, 4.69) is 4.99 Å². The van der Waals surface area contributed by atoms with Crippen LogP contribution >= 0.6 is 11.6 Å². The highest BCUT2D eigenvalue weighted by atomic mass is 35.5. The van der Waals surface area contributed by atoms with E-state index < -0.39 is 5.60 Å². The van der Waals surface area contributed by atoms with Gasteiger partial charge in [-0.25, -0.2) is 9.79 Å². The van der Waals surface area contributed by atoms with Crippen molar-refractivity contribution in [3.63, 3.8) is 0 Å². The molecule has 1 heterocycles. The number of halogens is 1. The number of alkyl halides is 1. The molecule has 2 N–H and O–H groups in total. The molecule has 1 aliphatic heterocycles. The third-order valence-electron chi connectivity index (χ3n) is 3.35. The monoisotopic (exact) mass is 353 g/mol. The molecule has 0 spiro atoms. The van der Waals surface area contributed by atoms with Gasteiger partial charge in [0.15, 0.2) is 0 Å². The molecule has 24 heavy (non-hydrogen) atoms. The zero-order valence-corrected chi connectivity index (χ0v) is 15.0. The van der Waals surface area contributed by atoms with Crippen molar-refractivity contribution in [2.75, 3.05) is 19.0 Å². The number of carbonyl (C=O) groups is 1. The number of rotatable bonds is 4. The Hall–Kier alpha value is -1.95. The van der Waals surface area contributed by atoms with Crippen molar-refractivity contribution in [2.24, 2.45) is 10.7 Å². The number of hydrogen-bond acceptors (Lipinski definition) is 4. The predicted octanol–water partition coefficient (Wildman–Crippen LogP) is 3.30. The second kappa shape index (κ2) is 7.75. The first kappa shape index (κ1) is 18.4. The van der Waals surface area contributed by atoms with E-state index in [-0.39, 0.29) is 18.1 Å². The van der Waals surface area contributed by atoms with E-state index in [0.717, 1.165) is 17.9 Å². The van der Waals surface area contributed by atoms with Crippen LogP contribution in [0.1, 0.15) is 27.2 Å². The van der Waals surface area contributed by atoms with Gasteiger partial charge in [0.2, 0.25) is 0 Å². The van der Waals surface area contributed by atoms with Gasteiger partial charge in [0.1, 0.15) is 23.3 Å². The summed E-state index contributed by atoms with van der Waals surface area (Å²) in [6, 6.07) is 7.29. The quantitative estimate of drug-likeness (QED) is 0.512. The molecule has 0 radical (unpaired) electrons. The number of carbonyl (C=O) groups excluding carboxylic acids is 1. The Labute approximate surface area is 147 Å². The summed E-state index contributed by atoms with van der Waals surface area (Å²) in [4.78, 5) is 17.9. The number of benzene rings is 1. The third-order valence-corrected chi connectivity index (χ3v) is 3.62. The molecular formula is C17H24ClN3O3. The van der Waals surface area contributed by atoms with Gasteiger partial charge >= 0.3 is 6.09 Å². The first-order chi connectivity index (χ1) is 11.3. The van der Waals surface area contributed by atoms with Crippen LogP contribution in [0.15, 0.2) is 29.3 Å². The highest BCUT2D eigenvalue weighted by Gasteiger charge is 2.30. The van der Waals surface area contributed by atoms with Crippen LogP contribution in [0.5, 0.6) is 5.75 Å². The van der Waals surface area contributed by atoms with Gasteiger partial charge in [-0.3, -0.25) is 0 Å². The highest BCUT2D eigenvalue weighted by Crippen LogP contribution is 2.23. The van der Waals surface area contributed by atoms with Crippen molar-refractivity contribution < 1.29 is 14.3 Å². The van der Waals surface area contributed by atoms with E-state index in [1.165, 1.54) is 0 Å². The first-order valence-corrected chi connectivity index (χ1v) is 8.44. The Kier molecular flexibility index (Phi) is 5.94. The molecule has 6 nitrogen and oxygen atoms in total. The fourth-order valence-electron chi connectivity index (χ4n) is 2.30. The number of amides is 1. The van der Waals surface area contributed by atoms with Crippen LogP contribution in [0.2, 0.25) is 0 Å². The van der Waals surface area contributed by atoms with Crippen LogP contribution in [0.4, 0.5) is 10.5 Å².